The monoisotopic (exact) mass is 433 g/mol. The van der Waals surface area contributed by atoms with E-state index in [1.807, 2.05) is 0 Å². The van der Waals surface area contributed by atoms with Crippen molar-refractivity contribution in [1.82, 2.24) is 4.98 Å². The van der Waals surface area contributed by atoms with Gasteiger partial charge in [-0.05, 0) is 42.3 Å². The predicted octanol–water partition coefficient (Wildman–Crippen LogP) is 4.47. The van der Waals surface area contributed by atoms with Crippen LogP contribution in [0.2, 0.25) is 10.0 Å². The van der Waals surface area contributed by atoms with Crippen LogP contribution in [-0.2, 0) is 10.2 Å². The number of pyridine rings is 1. The van der Waals surface area contributed by atoms with Crippen LogP contribution in [0.25, 0.3) is 0 Å². The van der Waals surface area contributed by atoms with Crippen molar-refractivity contribution in [1.29, 1.82) is 0 Å². The van der Waals surface area contributed by atoms with Crippen molar-refractivity contribution in [2.75, 3.05) is 30.8 Å². The highest BCUT2D eigenvalue weighted by Gasteiger charge is 2.59. The number of methoxy groups -OCH3 is 1. The fourth-order valence-electron chi connectivity index (χ4n) is 3.39. The van der Waals surface area contributed by atoms with Gasteiger partial charge < -0.3 is 15.4 Å². The molecule has 1 saturated heterocycles. The summed E-state index contributed by atoms with van der Waals surface area (Å²) in [6.45, 7) is -0.287. The maximum atomic E-state index is 14.1. The fraction of sp³-hybridized carbons (Fsp3) is 0.333. The number of carbonyl (C=O) groups is 1. The van der Waals surface area contributed by atoms with Crippen molar-refractivity contribution in [2.24, 2.45) is 0 Å². The van der Waals surface area contributed by atoms with E-state index in [1.165, 1.54) is 42.3 Å². The Morgan fingerprint density at radius 1 is 1.25 bits per heavy atom. The Kier molecular flexibility index (Phi) is 5.38. The number of alkyl halides is 3. The van der Waals surface area contributed by atoms with Crippen molar-refractivity contribution in [3.8, 4) is 0 Å². The summed E-state index contributed by atoms with van der Waals surface area (Å²) in [5.41, 5.74) is 3.67. The molecule has 0 aliphatic carbocycles. The van der Waals surface area contributed by atoms with Crippen molar-refractivity contribution in [3.63, 3.8) is 0 Å². The highest BCUT2D eigenvalue weighted by Crippen LogP contribution is 2.49. The Morgan fingerprint density at radius 3 is 2.43 bits per heavy atom. The van der Waals surface area contributed by atoms with Crippen molar-refractivity contribution >= 4 is 40.8 Å². The van der Waals surface area contributed by atoms with E-state index in [4.69, 9.17) is 28.9 Å². The van der Waals surface area contributed by atoms with Gasteiger partial charge in [-0.3, -0.25) is 0 Å². The minimum absolute atomic E-state index is 0.000784. The summed E-state index contributed by atoms with van der Waals surface area (Å²) in [7, 11) is 1.20. The van der Waals surface area contributed by atoms with Gasteiger partial charge in [-0.15, -0.1) is 0 Å². The molecule has 0 radical (unpaired) electrons. The zero-order valence-corrected chi connectivity index (χ0v) is 16.2. The normalized spacial score (nSPS) is 19.7. The number of ether oxygens (including phenoxy) is 1. The molecule has 1 aliphatic heterocycles. The van der Waals surface area contributed by atoms with Crippen LogP contribution in [0.15, 0.2) is 30.3 Å². The Bertz CT molecular complexity index is 903. The third-order valence-corrected chi connectivity index (χ3v) is 5.30. The molecule has 1 atom stereocenters. The van der Waals surface area contributed by atoms with E-state index in [2.05, 4.69) is 9.72 Å². The van der Waals surface area contributed by atoms with E-state index in [9.17, 15) is 18.0 Å². The molecule has 10 heteroatoms. The second kappa shape index (κ2) is 7.33. The Labute approximate surface area is 169 Å². The van der Waals surface area contributed by atoms with E-state index in [1.54, 1.807) is 0 Å². The number of halogens is 5. The van der Waals surface area contributed by atoms with Crippen LogP contribution in [-0.4, -0.2) is 37.3 Å². The molecule has 2 aromatic rings. The lowest BCUT2D eigenvalue weighted by Gasteiger charge is -2.32. The van der Waals surface area contributed by atoms with Crippen LogP contribution in [0.4, 0.5) is 24.8 Å². The van der Waals surface area contributed by atoms with E-state index in [0.717, 1.165) is 0 Å². The fourth-order valence-corrected chi connectivity index (χ4v) is 3.91. The molecule has 3 rings (SSSR count). The molecular weight excluding hydrogens is 418 g/mol. The van der Waals surface area contributed by atoms with Gasteiger partial charge in [0, 0.05) is 23.1 Å². The standard InChI is InChI=1S/C18H16Cl2F3N3O2/c1-28-16(27)13-2-3-14(25-15(13)24)26-5-4-17(9-26,18(21,22)23)10-6-11(19)8-12(20)7-10/h2-3,6-8H,4-5,9H2,1H3,(H2,24,25). The lowest BCUT2D eigenvalue weighted by atomic mass is 9.79. The summed E-state index contributed by atoms with van der Waals surface area (Å²) in [5.74, 6) is -0.541. The molecule has 1 aromatic heterocycles. The number of rotatable bonds is 3. The van der Waals surface area contributed by atoms with Crippen molar-refractivity contribution < 1.29 is 22.7 Å². The average molecular weight is 434 g/mol. The molecule has 0 bridgehead atoms. The van der Waals surface area contributed by atoms with Crippen molar-refractivity contribution in [3.05, 3.63) is 51.5 Å². The maximum Gasteiger partial charge on any atom is 0.400 e. The second-order valence-electron chi connectivity index (χ2n) is 6.50. The summed E-state index contributed by atoms with van der Waals surface area (Å²) in [5, 5.41) is 0.267. The number of benzene rings is 1. The topological polar surface area (TPSA) is 68.5 Å². The number of nitrogens with zero attached hydrogens (tertiary/aromatic N) is 2. The second-order valence-corrected chi connectivity index (χ2v) is 7.38. The molecule has 28 heavy (non-hydrogen) atoms. The summed E-state index contributed by atoms with van der Waals surface area (Å²) < 4.78 is 47.0. The third-order valence-electron chi connectivity index (χ3n) is 4.87. The van der Waals surface area contributed by atoms with E-state index < -0.39 is 17.6 Å². The number of aromatic nitrogens is 1. The molecule has 2 heterocycles. The van der Waals surface area contributed by atoms with Gasteiger partial charge in [-0.25, -0.2) is 9.78 Å². The van der Waals surface area contributed by atoms with Gasteiger partial charge >= 0.3 is 12.1 Å². The number of anilines is 2. The van der Waals surface area contributed by atoms with Gasteiger partial charge in [0.1, 0.15) is 22.6 Å². The average Bonchev–Trinajstić information content (AvgIpc) is 3.07. The smallest absolute Gasteiger partial charge is 0.400 e. The number of esters is 1. The van der Waals surface area contributed by atoms with Gasteiger partial charge in [0.05, 0.1) is 7.11 Å². The molecule has 1 aromatic carbocycles. The van der Waals surface area contributed by atoms with Gasteiger partial charge in [0.25, 0.3) is 0 Å². The number of carbonyl (C=O) groups excluding carboxylic acids is 1. The Hall–Kier alpha value is -2.19. The first-order valence-corrected chi connectivity index (χ1v) is 8.96. The first-order chi connectivity index (χ1) is 13.1. The quantitative estimate of drug-likeness (QED) is 0.723. The van der Waals surface area contributed by atoms with Gasteiger partial charge in [-0.1, -0.05) is 23.2 Å². The lowest BCUT2D eigenvalue weighted by molar-refractivity contribution is -0.184. The molecule has 1 aliphatic rings. The molecular formula is C18H16Cl2F3N3O2. The first-order valence-electron chi connectivity index (χ1n) is 8.20. The molecule has 0 amide bonds. The molecule has 5 nitrogen and oxygen atoms in total. The summed E-state index contributed by atoms with van der Waals surface area (Å²) in [4.78, 5) is 17.2. The number of nitrogens with two attached hydrogens (primary N) is 1. The highest BCUT2D eigenvalue weighted by molar-refractivity contribution is 6.34. The van der Waals surface area contributed by atoms with Crippen molar-refractivity contribution in [2.45, 2.75) is 18.0 Å². The number of hydrogen-bond acceptors (Lipinski definition) is 5. The van der Waals surface area contributed by atoms with Crippen LogP contribution < -0.4 is 10.6 Å². The largest absolute Gasteiger partial charge is 0.465 e. The Morgan fingerprint density at radius 2 is 1.89 bits per heavy atom. The first kappa shape index (κ1) is 20.5. The zero-order valence-electron chi connectivity index (χ0n) is 14.7. The molecule has 0 saturated carbocycles. The zero-order chi connectivity index (χ0) is 20.7. The minimum Gasteiger partial charge on any atom is -0.465 e. The van der Waals surface area contributed by atoms with Crippen LogP contribution in [0.5, 0.6) is 0 Å². The third kappa shape index (κ3) is 3.58. The molecule has 1 fully saturated rings. The van der Waals surface area contributed by atoms with Crippen LogP contribution in [0, 0.1) is 0 Å². The highest BCUT2D eigenvalue weighted by atomic mass is 35.5. The van der Waals surface area contributed by atoms with E-state index in [-0.39, 0.29) is 52.3 Å². The predicted molar refractivity (Wildman–Crippen MR) is 101 cm³/mol. The number of hydrogen-bond donors (Lipinski definition) is 1. The van der Waals surface area contributed by atoms with Gasteiger partial charge in [0.2, 0.25) is 0 Å². The van der Waals surface area contributed by atoms with Crippen LogP contribution in [0.3, 0.4) is 0 Å². The summed E-state index contributed by atoms with van der Waals surface area (Å²) in [6.07, 6.45) is -4.74. The van der Waals surface area contributed by atoms with E-state index in [0.29, 0.717) is 0 Å². The molecule has 2 N–H and O–H groups in total. The summed E-state index contributed by atoms with van der Waals surface area (Å²) >= 11 is 11.9. The van der Waals surface area contributed by atoms with Gasteiger partial charge in [-0.2, -0.15) is 13.2 Å². The lowest BCUT2D eigenvalue weighted by Crippen LogP contribution is -2.45. The maximum absolute atomic E-state index is 14.1. The Balaban J connectivity index is 1.98. The number of nitrogen functional groups attached to an aromatic ring is 1. The molecule has 1 unspecified atom stereocenters. The van der Waals surface area contributed by atoms with Gasteiger partial charge in [0.15, 0.2) is 0 Å². The molecule has 0 spiro atoms. The minimum atomic E-state index is -4.53. The summed E-state index contributed by atoms with van der Waals surface area (Å²) in [6, 6.07) is 6.78. The SMILES string of the molecule is COC(=O)c1ccc(N2CCC(c3cc(Cl)cc(Cl)c3)(C(F)(F)F)C2)nc1N. The van der Waals surface area contributed by atoms with Crippen LogP contribution >= 0.6 is 23.2 Å². The molecule has 150 valence electrons. The van der Waals surface area contributed by atoms with Crippen LogP contribution in [0.1, 0.15) is 22.3 Å². The van der Waals surface area contributed by atoms with E-state index >= 15 is 0 Å².